The highest BCUT2D eigenvalue weighted by Crippen LogP contribution is 2.51. The molecular formula is C16H29NO. The van der Waals surface area contributed by atoms with Crippen molar-refractivity contribution >= 4 is 0 Å². The molecule has 3 unspecified atom stereocenters. The van der Waals surface area contributed by atoms with Gasteiger partial charge in [-0.3, -0.25) is 0 Å². The van der Waals surface area contributed by atoms with Gasteiger partial charge in [0, 0.05) is 30.0 Å². The van der Waals surface area contributed by atoms with Crippen LogP contribution in [0.15, 0.2) is 0 Å². The summed E-state index contributed by atoms with van der Waals surface area (Å²) in [6, 6.07) is 1.37. The van der Waals surface area contributed by atoms with Gasteiger partial charge in [0.2, 0.25) is 0 Å². The van der Waals surface area contributed by atoms with Crippen molar-refractivity contribution in [3.8, 4) is 0 Å². The van der Waals surface area contributed by atoms with E-state index in [-0.39, 0.29) is 0 Å². The first-order chi connectivity index (χ1) is 8.60. The van der Waals surface area contributed by atoms with Crippen molar-refractivity contribution in [1.82, 2.24) is 5.32 Å². The van der Waals surface area contributed by atoms with Gasteiger partial charge in [0.05, 0.1) is 6.10 Å². The van der Waals surface area contributed by atoms with Crippen LogP contribution < -0.4 is 5.32 Å². The average molecular weight is 251 g/mol. The largest absolute Gasteiger partial charge is 0.377 e. The van der Waals surface area contributed by atoms with Crippen LogP contribution in [-0.2, 0) is 4.74 Å². The van der Waals surface area contributed by atoms with Gasteiger partial charge < -0.3 is 10.1 Å². The summed E-state index contributed by atoms with van der Waals surface area (Å²) >= 11 is 0. The van der Waals surface area contributed by atoms with Gasteiger partial charge in [0.1, 0.15) is 0 Å². The van der Waals surface area contributed by atoms with Crippen LogP contribution in [0, 0.1) is 17.3 Å². The molecule has 0 amide bonds. The van der Waals surface area contributed by atoms with E-state index in [0.29, 0.717) is 23.6 Å². The lowest BCUT2D eigenvalue weighted by Gasteiger charge is -2.61. The highest BCUT2D eigenvalue weighted by Gasteiger charge is 2.58. The van der Waals surface area contributed by atoms with Gasteiger partial charge in [-0.05, 0) is 38.5 Å². The zero-order valence-corrected chi connectivity index (χ0v) is 12.2. The van der Waals surface area contributed by atoms with Crippen molar-refractivity contribution in [1.29, 1.82) is 0 Å². The van der Waals surface area contributed by atoms with Crippen molar-refractivity contribution in [3.63, 3.8) is 0 Å². The Morgan fingerprint density at radius 3 is 2.56 bits per heavy atom. The molecule has 1 aliphatic heterocycles. The van der Waals surface area contributed by atoms with Crippen LogP contribution in [0.5, 0.6) is 0 Å². The van der Waals surface area contributed by atoms with Crippen LogP contribution >= 0.6 is 0 Å². The molecule has 3 rings (SSSR count). The molecule has 3 aliphatic rings. The van der Waals surface area contributed by atoms with Crippen LogP contribution in [0.3, 0.4) is 0 Å². The number of rotatable bonds is 3. The molecule has 2 heteroatoms. The van der Waals surface area contributed by atoms with Crippen molar-refractivity contribution in [2.45, 2.75) is 77.5 Å². The highest BCUT2D eigenvalue weighted by molar-refractivity contribution is 5.10. The second-order valence-electron chi connectivity index (χ2n) is 7.40. The van der Waals surface area contributed by atoms with Crippen LogP contribution in [0.1, 0.15) is 59.3 Å². The molecular weight excluding hydrogens is 222 g/mol. The fourth-order valence-electron chi connectivity index (χ4n) is 4.74. The number of fused-ring (bicyclic) bond motifs is 1. The monoisotopic (exact) mass is 251 g/mol. The second-order valence-corrected chi connectivity index (χ2v) is 7.40. The molecule has 18 heavy (non-hydrogen) atoms. The van der Waals surface area contributed by atoms with Crippen LogP contribution in [0.25, 0.3) is 0 Å². The third-order valence-electron chi connectivity index (χ3n) is 5.88. The summed E-state index contributed by atoms with van der Waals surface area (Å²) in [5, 5.41) is 3.97. The maximum atomic E-state index is 5.99. The van der Waals surface area contributed by atoms with Crippen LogP contribution in [0.4, 0.5) is 0 Å². The topological polar surface area (TPSA) is 21.3 Å². The summed E-state index contributed by atoms with van der Waals surface area (Å²) in [4.78, 5) is 0. The Bertz CT molecular complexity index is 295. The van der Waals surface area contributed by atoms with Crippen molar-refractivity contribution in [3.05, 3.63) is 0 Å². The lowest BCUT2D eigenvalue weighted by Crippen LogP contribution is -2.70. The Balaban J connectivity index is 1.61. The predicted molar refractivity (Wildman–Crippen MR) is 74.6 cm³/mol. The summed E-state index contributed by atoms with van der Waals surface area (Å²) < 4.78 is 5.99. The van der Waals surface area contributed by atoms with Gasteiger partial charge >= 0.3 is 0 Å². The van der Waals surface area contributed by atoms with Crippen molar-refractivity contribution in [2.75, 3.05) is 6.61 Å². The predicted octanol–water partition coefficient (Wildman–Crippen LogP) is 3.36. The molecule has 1 saturated heterocycles. The van der Waals surface area contributed by atoms with E-state index >= 15 is 0 Å². The zero-order chi connectivity index (χ0) is 12.8. The van der Waals surface area contributed by atoms with E-state index in [1.165, 1.54) is 38.5 Å². The first-order valence-electron chi connectivity index (χ1n) is 7.98. The molecule has 0 bridgehead atoms. The fraction of sp³-hybridized carbons (Fsp3) is 1.00. The summed E-state index contributed by atoms with van der Waals surface area (Å²) in [6.07, 6.45) is 8.90. The maximum Gasteiger partial charge on any atom is 0.0684 e. The molecule has 1 N–H and O–H groups in total. The summed E-state index contributed by atoms with van der Waals surface area (Å²) in [7, 11) is 0. The minimum absolute atomic E-state index is 0.331. The normalized spacial score (nSPS) is 41.2. The quantitative estimate of drug-likeness (QED) is 0.830. The Hall–Kier alpha value is -0.0800. The van der Waals surface area contributed by atoms with E-state index in [1.807, 2.05) is 0 Å². The van der Waals surface area contributed by atoms with Gasteiger partial charge in [-0.1, -0.05) is 26.7 Å². The van der Waals surface area contributed by atoms with E-state index in [9.17, 15) is 0 Å². The number of nitrogens with one attached hydrogen (secondary N) is 1. The van der Waals surface area contributed by atoms with Gasteiger partial charge in [-0.25, -0.2) is 0 Å². The molecule has 3 fully saturated rings. The lowest BCUT2D eigenvalue weighted by molar-refractivity contribution is -0.195. The average Bonchev–Trinajstić information content (AvgIpc) is 2.89. The third kappa shape index (κ3) is 2.02. The van der Waals surface area contributed by atoms with Crippen molar-refractivity contribution < 1.29 is 4.74 Å². The standard InChI is InChI=1S/C16H29NO/c1-11(12-7-4-5-8-12)17-14-13-9-6-10-18-15(13)16(14,2)3/h11-15,17H,4-10H2,1-3H3/t11-,13?,14?,15?/m0/s1. The Labute approximate surface area is 112 Å². The Morgan fingerprint density at radius 2 is 1.83 bits per heavy atom. The first-order valence-corrected chi connectivity index (χ1v) is 7.98. The molecule has 0 radical (unpaired) electrons. The molecule has 104 valence electrons. The van der Waals surface area contributed by atoms with E-state index in [1.54, 1.807) is 0 Å². The fourth-order valence-corrected chi connectivity index (χ4v) is 4.74. The van der Waals surface area contributed by atoms with E-state index < -0.39 is 0 Å². The maximum absolute atomic E-state index is 5.99. The number of ether oxygens (including phenoxy) is 1. The minimum atomic E-state index is 0.331. The number of hydrogen-bond acceptors (Lipinski definition) is 2. The summed E-state index contributed by atoms with van der Waals surface area (Å²) in [6.45, 7) is 8.16. The molecule has 0 aromatic heterocycles. The molecule has 4 atom stereocenters. The van der Waals surface area contributed by atoms with E-state index in [2.05, 4.69) is 26.1 Å². The molecule has 2 saturated carbocycles. The molecule has 2 nitrogen and oxygen atoms in total. The highest BCUT2D eigenvalue weighted by atomic mass is 16.5. The van der Waals surface area contributed by atoms with Crippen molar-refractivity contribution in [2.24, 2.45) is 17.3 Å². The molecule has 0 spiro atoms. The summed E-state index contributed by atoms with van der Waals surface area (Å²) in [5.74, 6) is 1.70. The third-order valence-corrected chi connectivity index (χ3v) is 5.88. The smallest absolute Gasteiger partial charge is 0.0684 e. The van der Waals surface area contributed by atoms with Gasteiger partial charge in [0.25, 0.3) is 0 Å². The first kappa shape index (κ1) is 12.9. The van der Waals surface area contributed by atoms with Crippen LogP contribution in [0.2, 0.25) is 0 Å². The summed E-state index contributed by atoms with van der Waals surface area (Å²) in [5.41, 5.74) is 0.331. The van der Waals surface area contributed by atoms with Gasteiger partial charge in [0.15, 0.2) is 0 Å². The van der Waals surface area contributed by atoms with Gasteiger partial charge in [-0.15, -0.1) is 0 Å². The Morgan fingerprint density at radius 1 is 1.11 bits per heavy atom. The van der Waals surface area contributed by atoms with E-state index in [0.717, 1.165) is 18.4 Å². The van der Waals surface area contributed by atoms with Crippen LogP contribution in [-0.4, -0.2) is 24.8 Å². The number of hydrogen-bond donors (Lipinski definition) is 1. The minimum Gasteiger partial charge on any atom is -0.377 e. The lowest BCUT2D eigenvalue weighted by atomic mass is 9.55. The van der Waals surface area contributed by atoms with E-state index in [4.69, 9.17) is 4.74 Å². The molecule has 0 aromatic carbocycles. The Kier molecular flexibility index (Phi) is 3.44. The molecule has 2 aliphatic carbocycles. The van der Waals surface area contributed by atoms with Gasteiger partial charge in [-0.2, -0.15) is 0 Å². The second kappa shape index (κ2) is 4.79. The molecule has 1 heterocycles. The molecule has 0 aromatic rings. The SMILES string of the molecule is C[C@H](NC1C2CCCOC2C1(C)C)C1CCCC1. The zero-order valence-electron chi connectivity index (χ0n) is 12.2.